The van der Waals surface area contributed by atoms with E-state index in [1.807, 2.05) is 19.1 Å². The Labute approximate surface area is 191 Å². The third-order valence-corrected chi connectivity index (χ3v) is 7.20. The average Bonchev–Trinajstić information content (AvgIpc) is 3.26. The molecule has 10 nitrogen and oxygen atoms in total. The van der Waals surface area contributed by atoms with Crippen molar-refractivity contribution in [2.45, 2.75) is 24.8 Å². The molecule has 0 saturated carbocycles. The number of aryl methyl sites for hydroxylation is 1. The number of sulfonamides is 1. The maximum atomic E-state index is 12.7. The predicted octanol–water partition coefficient (Wildman–Crippen LogP) is 1.85. The van der Waals surface area contributed by atoms with Gasteiger partial charge < -0.3 is 19.2 Å². The van der Waals surface area contributed by atoms with Gasteiger partial charge >= 0.3 is 5.97 Å². The lowest BCUT2D eigenvalue weighted by Gasteiger charge is -2.26. The molecule has 1 atom stereocenters. The Hall–Kier alpha value is -3.28. The Morgan fingerprint density at radius 3 is 2.48 bits per heavy atom. The number of nitrogens with zero attached hydrogens (tertiary/aromatic N) is 3. The molecule has 0 spiro atoms. The molecule has 0 bridgehead atoms. The van der Waals surface area contributed by atoms with Gasteiger partial charge in [-0.15, -0.1) is 0 Å². The van der Waals surface area contributed by atoms with Crippen LogP contribution in [0.3, 0.4) is 0 Å². The molecule has 1 fully saturated rings. The van der Waals surface area contributed by atoms with Crippen molar-refractivity contribution < 1.29 is 27.5 Å². The number of esters is 1. The maximum absolute atomic E-state index is 12.7. The molecule has 1 saturated heterocycles. The van der Waals surface area contributed by atoms with Gasteiger partial charge in [-0.3, -0.25) is 4.79 Å². The summed E-state index contributed by atoms with van der Waals surface area (Å²) in [4.78, 5) is 29.3. The molecule has 11 heteroatoms. The number of hydrogen-bond donors (Lipinski definition) is 1. The molecule has 1 aromatic carbocycles. The van der Waals surface area contributed by atoms with Crippen LogP contribution in [0.25, 0.3) is 5.65 Å². The molecular weight excluding hydrogens is 448 g/mol. The van der Waals surface area contributed by atoms with E-state index in [1.165, 1.54) is 35.5 Å². The third-order valence-electron chi connectivity index (χ3n) is 5.29. The normalized spacial score (nSPS) is 15.8. The Bertz CT molecular complexity index is 1280. The lowest BCUT2D eigenvalue weighted by atomic mass is 10.3. The van der Waals surface area contributed by atoms with Gasteiger partial charge in [-0.2, -0.15) is 4.31 Å². The molecule has 0 radical (unpaired) electrons. The van der Waals surface area contributed by atoms with Crippen LogP contribution in [-0.4, -0.2) is 66.4 Å². The molecule has 1 aliphatic heterocycles. The van der Waals surface area contributed by atoms with Crippen LogP contribution in [0.1, 0.15) is 23.1 Å². The zero-order valence-corrected chi connectivity index (χ0v) is 19.0. The Balaban J connectivity index is 1.38. The Morgan fingerprint density at radius 1 is 1.12 bits per heavy atom. The van der Waals surface area contributed by atoms with Gasteiger partial charge in [0.25, 0.3) is 5.91 Å². The summed E-state index contributed by atoms with van der Waals surface area (Å²) in [7, 11) is -3.62. The molecule has 33 heavy (non-hydrogen) atoms. The molecule has 1 unspecified atom stereocenters. The van der Waals surface area contributed by atoms with Crippen LogP contribution in [-0.2, 0) is 24.3 Å². The fourth-order valence-corrected chi connectivity index (χ4v) is 4.82. The summed E-state index contributed by atoms with van der Waals surface area (Å²) >= 11 is 0. The highest BCUT2D eigenvalue weighted by atomic mass is 32.2. The van der Waals surface area contributed by atoms with Crippen molar-refractivity contribution in [2.24, 2.45) is 0 Å². The first-order valence-electron chi connectivity index (χ1n) is 10.4. The minimum Gasteiger partial charge on any atom is -0.448 e. The van der Waals surface area contributed by atoms with E-state index >= 15 is 0 Å². The van der Waals surface area contributed by atoms with Gasteiger partial charge in [0.2, 0.25) is 10.0 Å². The van der Waals surface area contributed by atoms with Crippen molar-refractivity contribution in [3.63, 3.8) is 0 Å². The van der Waals surface area contributed by atoms with Crippen molar-refractivity contribution in [3.05, 3.63) is 60.0 Å². The number of carbonyl (C=O) groups excluding carboxylic acids is 2. The van der Waals surface area contributed by atoms with E-state index in [-0.39, 0.29) is 10.6 Å². The first-order chi connectivity index (χ1) is 15.8. The number of fused-ring (bicyclic) bond motifs is 1. The van der Waals surface area contributed by atoms with Crippen molar-refractivity contribution in [1.29, 1.82) is 0 Å². The highest BCUT2D eigenvalue weighted by Gasteiger charge is 2.26. The second-order valence-corrected chi connectivity index (χ2v) is 9.54. The summed E-state index contributed by atoms with van der Waals surface area (Å²) in [6, 6.07) is 11.3. The van der Waals surface area contributed by atoms with Gasteiger partial charge in [-0.1, -0.05) is 6.07 Å². The molecule has 0 aliphatic carbocycles. The van der Waals surface area contributed by atoms with E-state index in [1.54, 1.807) is 16.7 Å². The van der Waals surface area contributed by atoms with Gasteiger partial charge in [0.05, 0.1) is 18.1 Å². The van der Waals surface area contributed by atoms with Gasteiger partial charge in [0, 0.05) is 30.7 Å². The second-order valence-electron chi connectivity index (χ2n) is 7.60. The van der Waals surface area contributed by atoms with Crippen LogP contribution in [0.4, 0.5) is 5.69 Å². The lowest BCUT2D eigenvalue weighted by Crippen LogP contribution is -2.40. The van der Waals surface area contributed by atoms with E-state index in [0.717, 1.165) is 5.69 Å². The number of imidazole rings is 1. The van der Waals surface area contributed by atoms with Crippen LogP contribution >= 0.6 is 0 Å². The molecule has 2 aromatic heterocycles. The van der Waals surface area contributed by atoms with Crippen LogP contribution in [0.15, 0.2) is 53.6 Å². The molecular formula is C22H24N4O6S. The Morgan fingerprint density at radius 2 is 1.82 bits per heavy atom. The number of morpholine rings is 1. The topological polar surface area (TPSA) is 119 Å². The first-order valence-corrected chi connectivity index (χ1v) is 11.8. The third kappa shape index (κ3) is 4.90. The van der Waals surface area contributed by atoms with E-state index in [2.05, 4.69) is 10.3 Å². The number of rotatable bonds is 6. The van der Waals surface area contributed by atoms with Crippen molar-refractivity contribution in [1.82, 2.24) is 13.7 Å². The molecule has 1 amide bonds. The van der Waals surface area contributed by atoms with Crippen molar-refractivity contribution in [2.75, 3.05) is 31.6 Å². The summed E-state index contributed by atoms with van der Waals surface area (Å²) in [6.45, 7) is 4.66. The minimum atomic E-state index is -3.62. The summed E-state index contributed by atoms with van der Waals surface area (Å²) in [5, 5.41) is 2.62. The summed E-state index contributed by atoms with van der Waals surface area (Å²) in [5.41, 5.74) is 1.99. The largest absolute Gasteiger partial charge is 0.448 e. The van der Waals surface area contributed by atoms with Crippen LogP contribution in [0, 0.1) is 6.92 Å². The number of pyridine rings is 1. The maximum Gasteiger partial charge on any atom is 0.359 e. The standard InChI is InChI=1S/C22H24N4O6S/c1-15-4-3-5-20-24-19(14-26(15)20)22(28)32-16(2)21(27)23-17-6-8-18(9-7-17)33(29,30)25-10-12-31-13-11-25/h3-9,14,16H,10-13H2,1-2H3,(H,23,27). The molecule has 3 heterocycles. The molecule has 4 rings (SSSR count). The number of benzene rings is 1. The van der Waals surface area contributed by atoms with Crippen LogP contribution in [0.5, 0.6) is 0 Å². The number of hydrogen-bond acceptors (Lipinski definition) is 7. The number of nitrogens with one attached hydrogen (secondary N) is 1. The molecule has 3 aromatic rings. The van der Waals surface area contributed by atoms with E-state index in [9.17, 15) is 18.0 Å². The highest BCUT2D eigenvalue weighted by molar-refractivity contribution is 7.89. The van der Waals surface area contributed by atoms with Gasteiger partial charge in [0.15, 0.2) is 11.8 Å². The van der Waals surface area contributed by atoms with Crippen LogP contribution < -0.4 is 5.32 Å². The Kier molecular flexibility index (Phi) is 6.45. The smallest absolute Gasteiger partial charge is 0.359 e. The number of amides is 1. The van der Waals surface area contributed by atoms with Gasteiger partial charge in [0.1, 0.15) is 5.65 Å². The monoisotopic (exact) mass is 472 g/mol. The number of carbonyl (C=O) groups is 2. The zero-order chi connectivity index (χ0) is 23.6. The second kappa shape index (κ2) is 9.30. The highest BCUT2D eigenvalue weighted by Crippen LogP contribution is 2.20. The van der Waals surface area contributed by atoms with E-state index < -0.39 is 28.0 Å². The number of anilines is 1. The number of aromatic nitrogens is 2. The quantitative estimate of drug-likeness (QED) is 0.544. The van der Waals surface area contributed by atoms with E-state index in [4.69, 9.17) is 9.47 Å². The van der Waals surface area contributed by atoms with Gasteiger partial charge in [-0.05, 0) is 50.2 Å². The first kappa shape index (κ1) is 22.9. The van der Waals surface area contributed by atoms with Crippen molar-refractivity contribution >= 4 is 33.2 Å². The minimum absolute atomic E-state index is 0.0987. The molecule has 174 valence electrons. The SMILES string of the molecule is Cc1cccc2nc(C(=O)OC(C)C(=O)Nc3ccc(S(=O)(=O)N4CCOCC4)cc3)cn12. The fourth-order valence-electron chi connectivity index (χ4n) is 3.41. The molecule has 1 N–H and O–H groups in total. The summed E-state index contributed by atoms with van der Waals surface area (Å²) < 4.78 is 39.0. The van der Waals surface area contributed by atoms with Crippen LogP contribution in [0.2, 0.25) is 0 Å². The van der Waals surface area contributed by atoms with Gasteiger partial charge in [-0.25, -0.2) is 18.2 Å². The average molecular weight is 473 g/mol. The van der Waals surface area contributed by atoms with E-state index in [0.29, 0.717) is 37.6 Å². The summed E-state index contributed by atoms with van der Waals surface area (Å²) in [5.74, 6) is -1.26. The zero-order valence-electron chi connectivity index (χ0n) is 18.2. The summed E-state index contributed by atoms with van der Waals surface area (Å²) in [6.07, 6.45) is 0.478. The lowest BCUT2D eigenvalue weighted by molar-refractivity contribution is -0.123. The predicted molar refractivity (Wildman–Crippen MR) is 119 cm³/mol. The van der Waals surface area contributed by atoms with Crippen molar-refractivity contribution in [3.8, 4) is 0 Å². The fraction of sp³-hybridized carbons (Fsp3) is 0.318. The molecule has 1 aliphatic rings. The number of ether oxygens (including phenoxy) is 2.